The largest absolute Gasteiger partial charge is 0.287 e. The number of hydrogen-bond acceptors (Lipinski definition) is 2. The molecule has 23 heavy (non-hydrogen) atoms. The van der Waals surface area contributed by atoms with Crippen LogP contribution >= 0.6 is 11.6 Å². The first-order valence-corrected chi connectivity index (χ1v) is 7.61. The van der Waals surface area contributed by atoms with Crippen molar-refractivity contribution in [1.82, 2.24) is 0 Å². The Morgan fingerprint density at radius 1 is 0.739 bits per heavy atom. The van der Waals surface area contributed by atoms with E-state index in [0.29, 0.717) is 16.3 Å². The summed E-state index contributed by atoms with van der Waals surface area (Å²) in [6.07, 6.45) is 0. The third kappa shape index (κ3) is 3.74. The molecule has 0 saturated carbocycles. The van der Waals surface area contributed by atoms with Gasteiger partial charge < -0.3 is 0 Å². The van der Waals surface area contributed by atoms with Crippen LogP contribution in [0.4, 0.5) is 5.69 Å². The Morgan fingerprint density at radius 3 is 2.00 bits per heavy atom. The Hall–Kier alpha value is -2.71. The Labute approximate surface area is 140 Å². The van der Waals surface area contributed by atoms with Gasteiger partial charge in [-0.3, -0.25) is 4.79 Å². The Kier molecular flexibility index (Phi) is 4.65. The van der Waals surface area contributed by atoms with Gasteiger partial charge in [-0.25, -0.2) is 4.99 Å². The van der Waals surface area contributed by atoms with Crippen LogP contribution < -0.4 is 0 Å². The molecule has 3 rings (SSSR count). The number of ketones is 1. The monoisotopic (exact) mass is 319 g/mol. The molecule has 0 amide bonds. The van der Waals surface area contributed by atoms with Crippen LogP contribution in [0.1, 0.15) is 15.9 Å². The molecular formula is C20H14ClNO. The average Bonchev–Trinajstić information content (AvgIpc) is 2.61. The zero-order chi connectivity index (χ0) is 16.1. The van der Waals surface area contributed by atoms with E-state index >= 15 is 0 Å². The van der Waals surface area contributed by atoms with E-state index in [1.165, 1.54) is 0 Å². The molecule has 2 nitrogen and oxygen atoms in total. The highest BCUT2D eigenvalue weighted by molar-refractivity contribution is 6.52. The fourth-order valence-corrected chi connectivity index (χ4v) is 2.43. The SMILES string of the molecule is O=C(C(=Nc1ccccc1)c1ccccc1)c1cccc(Cl)c1. The van der Waals surface area contributed by atoms with Crippen LogP contribution in [0.3, 0.4) is 0 Å². The topological polar surface area (TPSA) is 29.4 Å². The van der Waals surface area contributed by atoms with E-state index in [1.807, 2.05) is 60.7 Å². The number of Topliss-reactive ketones (excluding diaryl/α,β-unsaturated/α-hetero) is 1. The van der Waals surface area contributed by atoms with E-state index in [9.17, 15) is 4.79 Å². The molecule has 3 aromatic carbocycles. The summed E-state index contributed by atoms with van der Waals surface area (Å²) in [5, 5.41) is 0.531. The smallest absolute Gasteiger partial charge is 0.212 e. The molecule has 0 aliphatic carbocycles. The molecule has 0 aliphatic rings. The van der Waals surface area contributed by atoms with E-state index in [4.69, 9.17) is 11.6 Å². The molecule has 0 unspecified atom stereocenters. The summed E-state index contributed by atoms with van der Waals surface area (Å²) in [7, 11) is 0. The lowest BCUT2D eigenvalue weighted by atomic mass is 10.0. The van der Waals surface area contributed by atoms with Gasteiger partial charge in [0.1, 0.15) is 5.71 Å². The quantitative estimate of drug-likeness (QED) is 0.471. The summed E-state index contributed by atoms with van der Waals surface area (Å²) in [4.78, 5) is 17.5. The van der Waals surface area contributed by atoms with E-state index in [1.54, 1.807) is 24.3 Å². The van der Waals surface area contributed by atoms with Gasteiger partial charge in [0, 0.05) is 16.1 Å². The predicted octanol–water partition coefficient (Wildman–Crippen LogP) is 5.34. The number of hydrogen-bond donors (Lipinski definition) is 0. The lowest BCUT2D eigenvalue weighted by Crippen LogP contribution is -2.15. The van der Waals surface area contributed by atoms with Gasteiger partial charge in [0.2, 0.25) is 5.78 Å². The van der Waals surface area contributed by atoms with Crippen molar-refractivity contribution in [2.75, 3.05) is 0 Å². The molecule has 3 heteroatoms. The summed E-state index contributed by atoms with van der Waals surface area (Å²) >= 11 is 6.01. The van der Waals surface area contributed by atoms with Crippen LogP contribution in [0, 0.1) is 0 Å². The number of halogens is 1. The van der Waals surface area contributed by atoms with Crippen molar-refractivity contribution in [2.24, 2.45) is 4.99 Å². The van der Waals surface area contributed by atoms with Crippen LogP contribution in [0.2, 0.25) is 5.02 Å². The van der Waals surface area contributed by atoms with Crippen LogP contribution in [0.15, 0.2) is 89.9 Å². The van der Waals surface area contributed by atoms with Gasteiger partial charge in [0.25, 0.3) is 0 Å². The van der Waals surface area contributed by atoms with Gasteiger partial charge in [0.15, 0.2) is 0 Å². The van der Waals surface area contributed by atoms with Gasteiger partial charge in [-0.2, -0.15) is 0 Å². The normalized spacial score (nSPS) is 11.3. The van der Waals surface area contributed by atoms with Crippen molar-refractivity contribution >= 4 is 28.8 Å². The zero-order valence-corrected chi connectivity index (χ0v) is 13.1. The minimum atomic E-state index is -0.150. The van der Waals surface area contributed by atoms with Crippen LogP contribution in [0.25, 0.3) is 0 Å². The van der Waals surface area contributed by atoms with Crippen LogP contribution in [0.5, 0.6) is 0 Å². The standard InChI is InChI=1S/C20H14ClNO/c21-17-11-7-10-16(14-17)20(23)19(15-8-3-1-4-9-15)22-18-12-5-2-6-13-18/h1-14H. The number of carbonyl (C=O) groups is 1. The van der Waals surface area contributed by atoms with Crippen molar-refractivity contribution in [2.45, 2.75) is 0 Å². The molecule has 0 bridgehead atoms. The summed E-state index contributed by atoms with van der Waals surface area (Å²) in [6, 6.07) is 25.8. The molecule has 0 saturated heterocycles. The van der Waals surface area contributed by atoms with Crippen LogP contribution in [-0.2, 0) is 0 Å². The summed E-state index contributed by atoms with van der Waals surface area (Å²) in [5.74, 6) is -0.150. The number of carbonyl (C=O) groups excluding carboxylic acids is 1. The van der Waals surface area contributed by atoms with E-state index < -0.39 is 0 Å². The first-order chi connectivity index (χ1) is 11.2. The molecule has 0 N–H and O–H groups in total. The third-order valence-corrected chi connectivity index (χ3v) is 3.58. The van der Waals surface area contributed by atoms with Gasteiger partial charge in [-0.05, 0) is 24.3 Å². The van der Waals surface area contributed by atoms with Crippen molar-refractivity contribution < 1.29 is 4.79 Å². The first-order valence-electron chi connectivity index (χ1n) is 7.23. The summed E-state index contributed by atoms with van der Waals surface area (Å²) in [6.45, 7) is 0. The maximum atomic E-state index is 12.9. The van der Waals surface area contributed by atoms with Crippen LogP contribution in [-0.4, -0.2) is 11.5 Å². The molecule has 3 aromatic rings. The minimum absolute atomic E-state index is 0.150. The van der Waals surface area contributed by atoms with Gasteiger partial charge in [-0.1, -0.05) is 72.3 Å². The highest BCUT2D eigenvalue weighted by Crippen LogP contribution is 2.18. The molecule has 0 radical (unpaired) electrons. The molecule has 0 spiro atoms. The maximum absolute atomic E-state index is 12.9. The fraction of sp³-hybridized carbons (Fsp3) is 0. The molecule has 0 aromatic heterocycles. The van der Waals surface area contributed by atoms with Gasteiger partial charge in [-0.15, -0.1) is 0 Å². The number of nitrogens with zero attached hydrogens (tertiary/aromatic N) is 1. The Morgan fingerprint density at radius 2 is 1.35 bits per heavy atom. The molecule has 0 atom stereocenters. The Balaban J connectivity index is 2.09. The number of aliphatic imine (C=N–C) groups is 1. The average molecular weight is 320 g/mol. The van der Waals surface area contributed by atoms with E-state index in [0.717, 1.165) is 11.3 Å². The number of benzene rings is 3. The second-order valence-electron chi connectivity index (χ2n) is 5.00. The Bertz CT molecular complexity index is 842. The minimum Gasteiger partial charge on any atom is -0.287 e. The summed E-state index contributed by atoms with van der Waals surface area (Å²) in [5.41, 5.74) is 2.44. The lowest BCUT2D eigenvalue weighted by molar-refractivity contribution is 0.106. The van der Waals surface area contributed by atoms with Gasteiger partial charge in [0.05, 0.1) is 5.69 Å². The molecule has 0 heterocycles. The van der Waals surface area contributed by atoms with Crippen molar-refractivity contribution in [3.63, 3.8) is 0 Å². The number of rotatable bonds is 4. The maximum Gasteiger partial charge on any atom is 0.212 e. The zero-order valence-electron chi connectivity index (χ0n) is 12.3. The van der Waals surface area contributed by atoms with Gasteiger partial charge >= 0.3 is 0 Å². The highest BCUT2D eigenvalue weighted by Gasteiger charge is 2.16. The third-order valence-electron chi connectivity index (χ3n) is 3.35. The van der Waals surface area contributed by atoms with Crippen molar-refractivity contribution in [3.8, 4) is 0 Å². The van der Waals surface area contributed by atoms with Crippen molar-refractivity contribution in [1.29, 1.82) is 0 Å². The molecule has 0 aliphatic heterocycles. The second kappa shape index (κ2) is 7.03. The lowest BCUT2D eigenvalue weighted by Gasteiger charge is -2.07. The van der Waals surface area contributed by atoms with Crippen molar-refractivity contribution in [3.05, 3.63) is 101 Å². The highest BCUT2D eigenvalue weighted by atomic mass is 35.5. The second-order valence-corrected chi connectivity index (χ2v) is 5.44. The molecule has 0 fully saturated rings. The fourth-order valence-electron chi connectivity index (χ4n) is 2.24. The summed E-state index contributed by atoms with van der Waals surface area (Å²) < 4.78 is 0. The number of para-hydroxylation sites is 1. The first kappa shape index (κ1) is 15.2. The molecule has 112 valence electrons. The van der Waals surface area contributed by atoms with E-state index in [2.05, 4.69) is 4.99 Å². The van der Waals surface area contributed by atoms with E-state index in [-0.39, 0.29) is 5.78 Å². The predicted molar refractivity (Wildman–Crippen MR) is 94.9 cm³/mol. The molecular weight excluding hydrogens is 306 g/mol.